The maximum Gasteiger partial charge on any atom is 0.254 e. The summed E-state index contributed by atoms with van der Waals surface area (Å²) < 4.78 is 0. The van der Waals surface area contributed by atoms with Crippen molar-refractivity contribution < 1.29 is 4.79 Å². The second-order valence-electron chi connectivity index (χ2n) is 9.53. The van der Waals surface area contributed by atoms with Crippen LogP contribution in [-0.4, -0.2) is 38.2 Å². The van der Waals surface area contributed by atoms with Gasteiger partial charge in [-0.2, -0.15) is 15.3 Å². The number of benzene rings is 2. The first-order valence-corrected chi connectivity index (χ1v) is 12.8. The maximum absolute atomic E-state index is 13.8. The van der Waals surface area contributed by atoms with Gasteiger partial charge in [-0.15, -0.1) is 0 Å². The Labute approximate surface area is 219 Å². The average Bonchev–Trinajstić information content (AvgIpc) is 3.37. The lowest BCUT2D eigenvalue weighted by atomic mass is 9.92. The van der Waals surface area contributed by atoms with Gasteiger partial charge < -0.3 is 10.2 Å². The highest BCUT2D eigenvalue weighted by Gasteiger charge is 2.41. The molecule has 6 rings (SSSR count). The van der Waals surface area contributed by atoms with Crippen molar-refractivity contribution in [1.29, 1.82) is 5.26 Å². The molecule has 1 atom stereocenters. The summed E-state index contributed by atoms with van der Waals surface area (Å²) in [7, 11) is 0. The van der Waals surface area contributed by atoms with E-state index in [-0.39, 0.29) is 11.9 Å². The largest absolute Gasteiger partial charge is 0.340 e. The molecule has 1 amide bonds. The molecule has 9 nitrogen and oxygen atoms in total. The number of amides is 1. The third-order valence-corrected chi connectivity index (χ3v) is 7.52. The van der Waals surface area contributed by atoms with Gasteiger partial charge in [0.1, 0.15) is 11.7 Å². The summed E-state index contributed by atoms with van der Waals surface area (Å²) in [4.78, 5) is 27.1. The Kier molecular flexibility index (Phi) is 5.89. The van der Waals surface area contributed by atoms with Gasteiger partial charge in [0.25, 0.3) is 5.91 Å². The van der Waals surface area contributed by atoms with Crippen molar-refractivity contribution in [1.82, 2.24) is 20.2 Å². The highest BCUT2D eigenvalue weighted by atomic mass is 35.5. The molecule has 1 aliphatic heterocycles. The predicted octanol–water partition coefficient (Wildman–Crippen LogP) is 5.83. The molecule has 186 valence electrons. The molecule has 37 heavy (non-hydrogen) atoms. The molecule has 3 heterocycles. The van der Waals surface area contributed by atoms with Crippen LogP contribution in [0, 0.1) is 11.3 Å². The van der Waals surface area contributed by atoms with Crippen molar-refractivity contribution in [3.8, 4) is 6.07 Å². The third-order valence-electron chi connectivity index (χ3n) is 7.21. The Morgan fingerprint density at radius 3 is 2.81 bits per heavy atom. The van der Waals surface area contributed by atoms with Gasteiger partial charge in [0.05, 0.1) is 45.9 Å². The van der Waals surface area contributed by atoms with Crippen LogP contribution < -0.4 is 15.1 Å². The highest BCUT2D eigenvalue weighted by molar-refractivity contribution is 6.34. The summed E-state index contributed by atoms with van der Waals surface area (Å²) in [5.74, 6) is 1.02. The van der Waals surface area contributed by atoms with E-state index in [0.717, 1.165) is 36.6 Å². The fourth-order valence-corrected chi connectivity index (χ4v) is 5.60. The number of nitrogens with one attached hydrogen (secondary N) is 2. The average molecular weight is 513 g/mol. The molecular formula is C27H25ClN8O. The lowest BCUT2D eigenvalue weighted by Gasteiger charge is -2.45. The van der Waals surface area contributed by atoms with Crippen molar-refractivity contribution in [3.05, 3.63) is 59.4 Å². The van der Waals surface area contributed by atoms with Gasteiger partial charge >= 0.3 is 0 Å². The first-order valence-electron chi connectivity index (χ1n) is 12.4. The number of hydrogen-bond acceptors (Lipinski definition) is 7. The smallest absolute Gasteiger partial charge is 0.254 e. The molecule has 1 saturated carbocycles. The summed E-state index contributed by atoms with van der Waals surface area (Å²) in [6.07, 6.45) is 8.89. The number of rotatable bonds is 4. The number of fused-ring (bicyclic) bond motifs is 2. The van der Waals surface area contributed by atoms with E-state index in [1.807, 2.05) is 25.1 Å². The molecular weight excluding hydrogens is 488 g/mol. The molecule has 2 aromatic carbocycles. The number of carbonyl (C=O) groups excluding carboxylic acids is 1. The molecule has 0 saturated heterocycles. The van der Waals surface area contributed by atoms with Crippen LogP contribution in [0.25, 0.3) is 10.9 Å². The van der Waals surface area contributed by atoms with Crippen LogP contribution in [0.4, 0.5) is 28.8 Å². The summed E-state index contributed by atoms with van der Waals surface area (Å²) in [6, 6.07) is 12.7. The van der Waals surface area contributed by atoms with Crippen LogP contribution in [0.3, 0.4) is 0 Å². The normalized spacial score (nSPS) is 18.1. The van der Waals surface area contributed by atoms with Gasteiger partial charge in [-0.3, -0.25) is 14.8 Å². The molecule has 10 heteroatoms. The topological polar surface area (TPSA) is 114 Å². The van der Waals surface area contributed by atoms with E-state index >= 15 is 0 Å². The van der Waals surface area contributed by atoms with E-state index in [9.17, 15) is 10.1 Å². The van der Waals surface area contributed by atoms with Crippen LogP contribution in [0.2, 0.25) is 5.02 Å². The fourth-order valence-electron chi connectivity index (χ4n) is 5.39. The van der Waals surface area contributed by atoms with Gasteiger partial charge in [0.2, 0.25) is 5.95 Å². The van der Waals surface area contributed by atoms with E-state index in [1.54, 1.807) is 35.5 Å². The Balaban J connectivity index is 1.45. The summed E-state index contributed by atoms with van der Waals surface area (Å²) in [5, 5.41) is 21.1. The minimum absolute atomic E-state index is 0.0640. The molecule has 4 aromatic rings. The molecule has 0 spiro atoms. The molecule has 1 fully saturated rings. The minimum atomic E-state index is -0.421. The van der Waals surface area contributed by atoms with E-state index < -0.39 is 6.04 Å². The number of nitrogens with zero attached hydrogens (tertiary/aromatic N) is 6. The highest BCUT2D eigenvalue weighted by Crippen LogP contribution is 2.43. The summed E-state index contributed by atoms with van der Waals surface area (Å²) in [6.45, 7) is 1.93. The second-order valence-corrected chi connectivity index (χ2v) is 9.93. The van der Waals surface area contributed by atoms with Gasteiger partial charge in [-0.05, 0) is 50.1 Å². The zero-order chi connectivity index (χ0) is 25.5. The van der Waals surface area contributed by atoms with E-state index in [1.165, 1.54) is 6.42 Å². The fraction of sp³-hybridized carbons (Fsp3) is 0.296. The first-order chi connectivity index (χ1) is 18.0. The van der Waals surface area contributed by atoms with Crippen molar-refractivity contribution in [3.63, 3.8) is 0 Å². The molecule has 2 aromatic heterocycles. The number of halogens is 1. The molecule has 1 aliphatic carbocycles. The van der Waals surface area contributed by atoms with Gasteiger partial charge in [0.15, 0.2) is 5.82 Å². The van der Waals surface area contributed by atoms with Gasteiger partial charge in [0, 0.05) is 11.4 Å². The van der Waals surface area contributed by atoms with Crippen LogP contribution in [0.5, 0.6) is 0 Å². The molecule has 0 unspecified atom stereocenters. The SMILES string of the molecule is C[C@@H]1C(=O)N(c2cccc(C#N)c2)c2cnc(Nc3cc4cn[nH]c4cc3Cl)nc2N1C1CCCCC1. The quantitative estimate of drug-likeness (QED) is 0.353. The third kappa shape index (κ3) is 4.13. The van der Waals surface area contributed by atoms with E-state index in [2.05, 4.69) is 31.5 Å². The second kappa shape index (κ2) is 9.37. The monoisotopic (exact) mass is 512 g/mol. The Bertz CT molecular complexity index is 1540. The first kappa shape index (κ1) is 23.3. The standard InChI is InChI=1S/C27H25ClN8O/c1-16-26(37)36(20-9-5-6-17(10-20)13-29)24-15-30-27(33-25(24)35(16)19-7-3-2-4-8-19)32-23-11-18-14-31-34-22(18)12-21(23)28/h5-6,9-12,14-16,19H,2-4,7-8H2,1H3,(H,31,34)(H,30,32,33)/t16-/m1/s1. The van der Waals surface area contributed by atoms with Crippen LogP contribution in [-0.2, 0) is 4.79 Å². The molecule has 0 radical (unpaired) electrons. The van der Waals surface area contributed by atoms with Crippen molar-refractivity contribution in [2.45, 2.75) is 51.1 Å². The number of H-pyrrole nitrogens is 1. The van der Waals surface area contributed by atoms with Crippen molar-refractivity contribution in [2.75, 3.05) is 15.1 Å². The zero-order valence-corrected chi connectivity index (χ0v) is 21.0. The number of anilines is 5. The van der Waals surface area contributed by atoms with E-state index in [0.29, 0.717) is 39.4 Å². The van der Waals surface area contributed by atoms with Crippen LogP contribution >= 0.6 is 11.6 Å². The Hall–Kier alpha value is -4.16. The van der Waals surface area contributed by atoms with Crippen molar-refractivity contribution >= 4 is 57.2 Å². The minimum Gasteiger partial charge on any atom is -0.340 e. The molecule has 2 N–H and O–H groups in total. The zero-order valence-electron chi connectivity index (χ0n) is 20.3. The lowest BCUT2D eigenvalue weighted by molar-refractivity contribution is -0.119. The van der Waals surface area contributed by atoms with Gasteiger partial charge in [-0.1, -0.05) is 36.9 Å². The van der Waals surface area contributed by atoms with Crippen LogP contribution in [0.1, 0.15) is 44.6 Å². The van der Waals surface area contributed by atoms with E-state index in [4.69, 9.17) is 16.6 Å². The van der Waals surface area contributed by atoms with Crippen LogP contribution in [0.15, 0.2) is 48.8 Å². The maximum atomic E-state index is 13.8. The lowest BCUT2D eigenvalue weighted by Crippen LogP contribution is -2.55. The number of aromatic amines is 1. The Morgan fingerprint density at radius 1 is 1.16 bits per heavy atom. The number of aromatic nitrogens is 4. The molecule has 2 aliphatic rings. The Morgan fingerprint density at radius 2 is 2.00 bits per heavy atom. The number of hydrogen-bond donors (Lipinski definition) is 2. The number of nitriles is 1. The summed E-state index contributed by atoms with van der Waals surface area (Å²) in [5.41, 5.74) is 3.22. The van der Waals surface area contributed by atoms with Crippen molar-refractivity contribution in [2.24, 2.45) is 0 Å². The number of carbonyl (C=O) groups is 1. The predicted molar refractivity (Wildman–Crippen MR) is 144 cm³/mol. The van der Waals surface area contributed by atoms with Gasteiger partial charge in [-0.25, -0.2) is 4.98 Å². The molecule has 0 bridgehead atoms. The summed E-state index contributed by atoms with van der Waals surface area (Å²) >= 11 is 6.52.